The fraction of sp³-hybridized carbons (Fsp3) is 0.111. The van der Waals surface area contributed by atoms with E-state index in [1.807, 2.05) is 6.07 Å². The second-order valence-corrected chi connectivity index (χ2v) is 5.60. The Morgan fingerprint density at radius 1 is 1.31 bits per heavy atom. The maximum Gasteiger partial charge on any atom is 0.269 e. The van der Waals surface area contributed by atoms with Crippen LogP contribution in [-0.4, -0.2) is 17.0 Å². The summed E-state index contributed by atoms with van der Waals surface area (Å²) in [5, 5.41) is 19.7. The fourth-order valence-electron chi connectivity index (χ4n) is 2.09. The molecule has 132 valence electrons. The van der Waals surface area contributed by atoms with Crippen LogP contribution in [0.5, 0.6) is 11.5 Å². The molecule has 0 aliphatic rings. The summed E-state index contributed by atoms with van der Waals surface area (Å²) in [6.45, 7) is 0.222. The van der Waals surface area contributed by atoms with Gasteiger partial charge in [0, 0.05) is 12.1 Å². The highest BCUT2D eigenvalue weighted by Crippen LogP contribution is 2.30. The van der Waals surface area contributed by atoms with Gasteiger partial charge in [0.05, 0.1) is 17.6 Å². The lowest BCUT2D eigenvalue weighted by Gasteiger charge is -2.11. The summed E-state index contributed by atoms with van der Waals surface area (Å²) in [6, 6.07) is 13.2. The summed E-state index contributed by atoms with van der Waals surface area (Å²) >= 11 is 4.81. The average Bonchev–Trinajstić information content (AvgIpc) is 2.64. The summed E-state index contributed by atoms with van der Waals surface area (Å²) in [7, 11) is 1.50. The van der Waals surface area contributed by atoms with Crippen LogP contribution in [0, 0.1) is 21.4 Å². The predicted octanol–water partition coefficient (Wildman–Crippen LogP) is 3.38. The van der Waals surface area contributed by atoms with Crippen LogP contribution in [0.15, 0.2) is 48.0 Å². The Hall–Kier alpha value is -3.44. The molecule has 7 nitrogen and oxygen atoms in total. The number of benzene rings is 2. The number of ether oxygens (including phenoxy) is 2. The second-order valence-electron chi connectivity index (χ2n) is 5.16. The molecule has 0 aromatic heterocycles. The highest BCUT2D eigenvalue weighted by Gasteiger charge is 2.08. The van der Waals surface area contributed by atoms with Gasteiger partial charge in [0.15, 0.2) is 11.5 Å². The van der Waals surface area contributed by atoms with Gasteiger partial charge in [0.2, 0.25) is 0 Å². The summed E-state index contributed by atoms with van der Waals surface area (Å²) < 4.78 is 11.0. The molecule has 0 amide bonds. The third-order valence-electron chi connectivity index (χ3n) is 3.43. The van der Waals surface area contributed by atoms with Gasteiger partial charge in [-0.15, -0.1) is 0 Å². The molecule has 0 saturated heterocycles. The Morgan fingerprint density at radius 2 is 2.00 bits per heavy atom. The van der Waals surface area contributed by atoms with Crippen LogP contribution >= 0.6 is 12.2 Å². The van der Waals surface area contributed by atoms with Crippen molar-refractivity contribution >= 4 is 29.0 Å². The average molecular weight is 369 g/mol. The van der Waals surface area contributed by atoms with E-state index in [9.17, 15) is 10.1 Å². The molecule has 2 aromatic carbocycles. The van der Waals surface area contributed by atoms with Crippen molar-refractivity contribution in [2.24, 2.45) is 5.73 Å². The van der Waals surface area contributed by atoms with Crippen molar-refractivity contribution in [1.29, 1.82) is 5.26 Å². The van der Waals surface area contributed by atoms with E-state index in [0.717, 1.165) is 5.56 Å². The maximum atomic E-state index is 10.7. The van der Waals surface area contributed by atoms with Crippen LogP contribution in [0.2, 0.25) is 0 Å². The molecular weight excluding hydrogens is 354 g/mol. The normalized spacial score (nSPS) is 10.7. The fourth-order valence-corrected chi connectivity index (χ4v) is 2.20. The highest BCUT2D eigenvalue weighted by molar-refractivity contribution is 7.80. The third kappa shape index (κ3) is 4.78. The van der Waals surface area contributed by atoms with Crippen molar-refractivity contribution in [2.75, 3.05) is 7.11 Å². The zero-order valence-corrected chi connectivity index (χ0v) is 14.7. The van der Waals surface area contributed by atoms with Crippen molar-refractivity contribution < 1.29 is 14.4 Å². The third-order valence-corrected chi connectivity index (χ3v) is 3.65. The SMILES string of the molecule is COc1cc(/C=C(\C#N)C(N)=S)ccc1OCc1ccc([N+](=O)[O-])cc1. The molecule has 0 unspecified atom stereocenters. The van der Waals surface area contributed by atoms with Crippen LogP contribution in [0.3, 0.4) is 0 Å². The lowest BCUT2D eigenvalue weighted by molar-refractivity contribution is -0.384. The van der Waals surface area contributed by atoms with Crippen molar-refractivity contribution in [3.05, 3.63) is 69.3 Å². The monoisotopic (exact) mass is 369 g/mol. The van der Waals surface area contributed by atoms with Crippen molar-refractivity contribution in [3.8, 4) is 17.6 Å². The molecule has 0 radical (unpaired) electrons. The number of hydrogen-bond acceptors (Lipinski definition) is 6. The summed E-state index contributed by atoms with van der Waals surface area (Å²) in [5.41, 5.74) is 7.17. The van der Waals surface area contributed by atoms with Crippen LogP contribution in [-0.2, 0) is 6.61 Å². The van der Waals surface area contributed by atoms with E-state index in [1.54, 1.807) is 36.4 Å². The zero-order valence-electron chi connectivity index (χ0n) is 13.8. The molecule has 0 aliphatic carbocycles. The Kier molecular flexibility index (Phi) is 6.25. The van der Waals surface area contributed by atoms with E-state index >= 15 is 0 Å². The van der Waals surface area contributed by atoms with Gasteiger partial charge in [-0.3, -0.25) is 10.1 Å². The number of thiocarbonyl (C=S) groups is 1. The molecule has 2 N–H and O–H groups in total. The molecule has 26 heavy (non-hydrogen) atoms. The largest absolute Gasteiger partial charge is 0.493 e. The number of nitro benzene ring substituents is 1. The Bertz CT molecular complexity index is 902. The predicted molar refractivity (Wildman–Crippen MR) is 101 cm³/mol. The van der Waals surface area contributed by atoms with Gasteiger partial charge in [0.25, 0.3) is 5.69 Å². The summed E-state index contributed by atoms with van der Waals surface area (Å²) in [4.78, 5) is 10.2. The molecule has 0 bridgehead atoms. The minimum atomic E-state index is -0.456. The van der Waals surface area contributed by atoms with Gasteiger partial charge in [-0.1, -0.05) is 18.3 Å². The Balaban J connectivity index is 2.16. The second kappa shape index (κ2) is 8.60. The number of nitrogens with zero attached hydrogens (tertiary/aromatic N) is 2. The Labute approximate surface area is 155 Å². The van der Waals surface area contributed by atoms with Gasteiger partial charge in [0.1, 0.15) is 17.7 Å². The molecule has 0 aliphatic heterocycles. The number of non-ortho nitro benzene ring substituents is 1. The number of rotatable bonds is 7. The van der Waals surface area contributed by atoms with Crippen LogP contribution in [0.1, 0.15) is 11.1 Å². The summed E-state index contributed by atoms with van der Waals surface area (Å²) in [6.07, 6.45) is 1.56. The molecule has 2 aromatic rings. The van der Waals surface area contributed by atoms with Crippen molar-refractivity contribution in [3.63, 3.8) is 0 Å². The molecular formula is C18H15N3O4S. The zero-order chi connectivity index (χ0) is 19.1. The molecule has 0 atom stereocenters. The molecule has 8 heteroatoms. The standard InChI is InChI=1S/C18H15N3O4S/c1-24-17-9-13(8-14(10-19)18(20)26)4-7-16(17)25-11-12-2-5-15(6-3-12)21(22)23/h2-9H,11H2,1H3,(H2,20,26)/b14-8+. The molecule has 2 rings (SSSR count). The van der Waals surface area contributed by atoms with Gasteiger partial charge in [-0.2, -0.15) is 5.26 Å². The quantitative estimate of drug-likeness (QED) is 0.262. The summed E-state index contributed by atoms with van der Waals surface area (Å²) in [5.74, 6) is 0.970. The number of nitro groups is 1. The van der Waals surface area contributed by atoms with Gasteiger partial charge >= 0.3 is 0 Å². The number of hydrogen-bond donors (Lipinski definition) is 1. The van der Waals surface area contributed by atoms with Gasteiger partial charge in [-0.25, -0.2) is 0 Å². The first-order valence-corrected chi connectivity index (χ1v) is 7.81. The van der Waals surface area contributed by atoms with E-state index in [2.05, 4.69) is 0 Å². The first-order chi connectivity index (χ1) is 12.4. The van der Waals surface area contributed by atoms with Crippen LogP contribution < -0.4 is 15.2 Å². The molecule has 0 spiro atoms. The van der Waals surface area contributed by atoms with Crippen LogP contribution in [0.25, 0.3) is 6.08 Å². The van der Waals surface area contributed by atoms with E-state index in [1.165, 1.54) is 19.2 Å². The van der Waals surface area contributed by atoms with Gasteiger partial charge < -0.3 is 15.2 Å². The highest BCUT2D eigenvalue weighted by atomic mass is 32.1. The van der Waals surface area contributed by atoms with Crippen molar-refractivity contribution in [2.45, 2.75) is 6.61 Å². The van der Waals surface area contributed by atoms with E-state index in [0.29, 0.717) is 17.1 Å². The first kappa shape index (κ1) is 18.9. The van der Waals surface area contributed by atoms with Gasteiger partial charge in [-0.05, 0) is 41.5 Å². The minimum absolute atomic E-state index is 0.0185. The molecule has 0 saturated carbocycles. The van der Waals surface area contributed by atoms with E-state index in [-0.39, 0.29) is 22.9 Å². The lowest BCUT2D eigenvalue weighted by atomic mass is 10.1. The van der Waals surface area contributed by atoms with Crippen molar-refractivity contribution in [1.82, 2.24) is 0 Å². The van der Waals surface area contributed by atoms with E-state index < -0.39 is 4.92 Å². The lowest BCUT2D eigenvalue weighted by Crippen LogP contribution is -2.09. The first-order valence-electron chi connectivity index (χ1n) is 7.40. The van der Waals surface area contributed by atoms with E-state index in [4.69, 9.17) is 32.7 Å². The van der Waals surface area contributed by atoms with Crippen LogP contribution in [0.4, 0.5) is 5.69 Å². The Morgan fingerprint density at radius 3 is 2.54 bits per heavy atom. The smallest absolute Gasteiger partial charge is 0.269 e. The minimum Gasteiger partial charge on any atom is -0.493 e. The molecule has 0 heterocycles. The molecule has 0 fully saturated rings. The maximum absolute atomic E-state index is 10.7. The number of nitrogens with two attached hydrogens (primary N) is 1. The number of nitriles is 1. The number of methoxy groups -OCH3 is 1. The topological polar surface area (TPSA) is 111 Å².